The van der Waals surface area contributed by atoms with E-state index in [1.54, 1.807) is 30.1 Å². The monoisotopic (exact) mass is 364 g/mol. The summed E-state index contributed by atoms with van der Waals surface area (Å²) in [6, 6.07) is 11.9. The number of rotatable bonds is 7. The van der Waals surface area contributed by atoms with Crippen molar-refractivity contribution in [1.82, 2.24) is 4.90 Å². The summed E-state index contributed by atoms with van der Waals surface area (Å²) in [5, 5.41) is 0. The molecule has 0 bridgehead atoms. The Morgan fingerprint density at radius 1 is 1.08 bits per heavy atom. The Balaban J connectivity index is 2.15. The molecule has 0 radical (unpaired) electrons. The van der Waals surface area contributed by atoms with Gasteiger partial charge in [0.05, 0.1) is 7.11 Å². The number of carbonyl (C=O) groups excluding carboxylic acids is 1. The highest BCUT2D eigenvalue weighted by atomic mass is 19.3. The van der Waals surface area contributed by atoms with E-state index >= 15 is 0 Å². The molecule has 1 amide bonds. The van der Waals surface area contributed by atoms with Crippen molar-refractivity contribution in [3.63, 3.8) is 0 Å². The van der Waals surface area contributed by atoms with Crippen molar-refractivity contribution >= 4 is 11.6 Å². The van der Waals surface area contributed by atoms with Crippen LogP contribution in [0.1, 0.15) is 15.9 Å². The number of hydrogen-bond acceptors (Lipinski definition) is 4. The van der Waals surface area contributed by atoms with Crippen LogP contribution in [0.3, 0.4) is 0 Å². The SMILES string of the molecule is COc1cc(CN(C)C(=O)c2cccc(N(C)C)c2)ccc1OC(F)F. The number of anilines is 1. The molecule has 26 heavy (non-hydrogen) atoms. The summed E-state index contributed by atoms with van der Waals surface area (Å²) >= 11 is 0. The molecule has 0 saturated carbocycles. The number of ether oxygens (including phenoxy) is 2. The topological polar surface area (TPSA) is 42.0 Å². The molecule has 0 unspecified atom stereocenters. The van der Waals surface area contributed by atoms with Gasteiger partial charge >= 0.3 is 6.61 Å². The van der Waals surface area contributed by atoms with Crippen molar-refractivity contribution in [2.75, 3.05) is 33.2 Å². The van der Waals surface area contributed by atoms with Crippen molar-refractivity contribution in [3.8, 4) is 11.5 Å². The van der Waals surface area contributed by atoms with Crippen LogP contribution < -0.4 is 14.4 Å². The lowest BCUT2D eigenvalue weighted by Crippen LogP contribution is -2.26. The maximum Gasteiger partial charge on any atom is 0.387 e. The average molecular weight is 364 g/mol. The van der Waals surface area contributed by atoms with Gasteiger partial charge < -0.3 is 19.3 Å². The minimum absolute atomic E-state index is 0.0427. The largest absolute Gasteiger partial charge is 0.493 e. The lowest BCUT2D eigenvalue weighted by Gasteiger charge is -2.20. The second kappa shape index (κ2) is 8.51. The van der Waals surface area contributed by atoms with E-state index in [0.29, 0.717) is 12.1 Å². The smallest absolute Gasteiger partial charge is 0.387 e. The molecule has 0 N–H and O–H groups in total. The van der Waals surface area contributed by atoms with Crippen LogP contribution in [0.15, 0.2) is 42.5 Å². The Morgan fingerprint density at radius 3 is 2.42 bits per heavy atom. The van der Waals surface area contributed by atoms with Crippen LogP contribution in [0.4, 0.5) is 14.5 Å². The Morgan fingerprint density at radius 2 is 1.81 bits per heavy atom. The number of nitrogens with zero attached hydrogens (tertiary/aromatic N) is 2. The molecule has 0 heterocycles. The molecule has 0 aliphatic heterocycles. The van der Waals surface area contributed by atoms with Crippen LogP contribution in [-0.4, -0.2) is 45.7 Å². The molecule has 140 valence electrons. The Kier molecular flexibility index (Phi) is 6.38. The number of benzene rings is 2. The van der Waals surface area contributed by atoms with Crippen LogP contribution in [-0.2, 0) is 6.54 Å². The zero-order valence-corrected chi connectivity index (χ0v) is 15.2. The first-order chi connectivity index (χ1) is 12.3. The third kappa shape index (κ3) is 4.84. The van der Waals surface area contributed by atoms with Crippen LogP contribution in [0.5, 0.6) is 11.5 Å². The predicted octanol–water partition coefficient (Wildman–Crippen LogP) is 3.63. The first-order valence-corrected chi connectivity index (χ1v) is 7.96. The van der Waals surface area contributed by atoms with E-state index in [2.05, 4.69) is 4.74 Å². The van der Waals surface area contributed by atoms with Crippen LogP contribution in [0, 0.1) is 0 Å². The Bertz CT molecular complexity index is 766. The zero-order valence-electron chi connectivity index (χ0n) is 15.2. The van der Waals surface area contributed by atoms with E-state index in [4.69, 9.17) is 4.74 Å². The summed E-state index contributed by atoms with van der Waals surface area (Å²) < 4.78 is 34.3. The summed E-state index contributed by atoms with van der Waals surface area (Å²) in [4.78, 5) is 16.1. The summed E-state index contributed by atoms with van der Waals surface area (Å²) in [5.41, 5.74) is 2.24. The van der Waals surface area contributed by atoms with Gasteiger partial charge in [-0.25, -0.2) is 0 Å². The van der Waals surface area contributed by atoms with Gasteiger partial charge in [-0.3, -0.25) is 4.79 Å². The number of hydrogen-bond donors (Lipinski definition) is 0. The lowest BCUT2D eigenvalue weighted by molar-refractivity contribution is -0.0512. The fourth-order valence-corrected chi connectivity index (χ4v) is 2.49. The third-order valence-electron chi connectivity index (χ3n) is 3.82. The minimum Gasteiger partial charge on any atom is -0.493 e. The first kappa shape index (κ1) is 19.5. The van der Waals surface area contributed by atoms with Crippen molar-refractivity contribution in [2.24, 2.45) is 0 Å². The van der Waals surface area contributed by atoms with Gasteiger partial charge in [0.15, 0.2) is 11.5 Å². The molecule has 0 atom stereocenters. The molecule has 0 aliphatic carbocycles. The van der Waals surface area contributed by atoms with E-state index < -0.39 is 6.61 Å². The fraction of sp³-hybridized carbons (Fsp3) is 0.316. The van der Waals surface area contributed by atoms with E-state index in [9.17, 15) is 13.6 Å². The lowest BCUT2D eigenvalue weighted by atomic mass is 10.1. The normalized spacial score (nSPS) is 10.6. The molecule has 0 fully saturated rings. The summed E-state index contributed by atoms with van der Waals surface area (Å²) in [5.74, 6) is 0.0118. The molecule has 0 aromatic heterocycles. The molecule has 0 saturated heterocycles. The Labute approximate surface area is 151 Å². The van der Waals surface area contributed by atoms with E-state index in [0.717, 1.165) is 11.3 Å². The van der Waals surface area contributed by atoms with Gasteiger partial charge in [-0.1, -0.05) is 12.1 Å². The highest BCUT2D eigenvalue weighted by Gasteiger charge is 2.15. The van der Waals surface area contributed by atoms with Crippen molar-refractivity contribution in [1.29, 1.82) is 0 Å². The molecule has 2 rings (SSSR count). The number of methoxy groups -OCH3 is 1. The van der Waals surface area contributed by atoms with Crippen molar-refractivity contribution in [2.45, 2.75) is 13.2 Å². The first-order valence-electron chi connectivity index (χ1n) is 7.96. The van der Waals surface area contributed by atoms with Gasteiger partial charge in [0.25, 0.3) is 5.91 Å². The summed E-state index contributed by atoms with van der Waals surface area (Å²) in [6.07, 6.45) is 0. The second-order valence-electron chi connectivity index (χ2n) is 5.97. The minimum atomic E-state index is -2.93. The van der Waals surface area contributed by atoms with Gasteiger partial charge in [-0.05, 0) is 35.9 Å². The van der Waals surface area contributed by atoms with E-state index in [-0.39, 0.29) is 17.4 Å². The molecule has 2 aromatic rings. The number of alkyl halides is 2. The molecule has 0 spiro atoms. The van der Waals surface area contributed by atoms with Crippen LogP contribution in [0.2, 0.25) is 0 Å². The molecular formula is C19H22F2N2O3. The zero-order chi connectivity index (χ0) is 19.3. The maximum absolute atomic E-state index is 12.6. The fourth-order valence-electron chi connectivity index (χ4n) is 2.49. The molecule has 2 aromatic carbocycles. The highest BCUT2D eigenvalue weighted by molar-refractivity contribution is 5.95. The molecule has 7 heteroatoms. The third-order valence-corrected chi connectivity index (χ3v) is 3.82. The average Bonchev–Trinajstić information content (AvgIpc) is 2.61. The Hall–Kier alpha value is -2.83. The molecule has 5 nitrogen and oxygen atoms in total. The molecule has 0 aliphatic rings. The van der Waals surface area contributed by atoms with Gasteiger partial charge in [0, 0.05) is 38.9 Å². The van der Waals surface area contributed by atoms with Crippen molar-refractivity contribution in [3.05, 3.63) is 53.6 Å². The van der Waals surface area contributed by atoms with Gasteiger partial charge in [-0.2, -0.15) is 8.78 Å². The second-order valence-corrected chi connectivity index (χ2v) is 5.97. The quantitative estimate of drug-likeness (QED) is 0.752. The highest BCUT2D eigenvalue weighted by Crippen LogP contribution is 2.30. The van der Waals surface area contributed by atoms with Gasteiger partial charge in [0.1, 0.15) is 0 Å². The van der Waals surface area contributed by atoms with Gasteiger partial charge in [-0.15, -0.1) is 0 Å². The van der Waals surface area contributed by atoms with E-state index in [1.807, 2.05) is 37.2 Å². The summed E-state index contributed by atoms with van der Waals surface area (Å²) in [7, 11) is 6.87. The maximum atomic E-state index is 12.6. The van der Waals surface area contributed by atoms with Crippen molar-refractivity contribution < 1.29 is 23.0 Å². The summed E-state index contributed by atoms with van der Waals surface area (Å²) in [6.45, 7) is -2.63. The van der Waals surface area contributed by atoms with Gasteiger partial charge in [0.2, 0.25) is 0 Å². The van der Waals surface area contributed by atoms with Crippen LogP contribution >= 0.6 is 0 Å². The number of amides is 1. The van der Waals surface area contributed by atoms with Crippen LogP contribution in [0.25, 0.3) is 0 Å². The standard InChI is InChI=1S/C19H22F2N2O3/c1-22(2)15-7-5-6-14(11-15)18(24)23(3)12-13-8-9-16(26-19(20)21)17(10-13)25-4/h5-11,19H,12H2,1-4H3. The van der Waals surface area contributed by atoms with E-state index in [1.165, 1.54) is 13.2 Å². The number of carbonyl (C=O) groups is 1. The molecular weight excluding hydrogens is 342 g/mol. The number of halogens is 2. The predicted molar refractivity (Wildman–Crippen MR) is 96.2 cm³/mol.